The van der Waals surface area contributed by atoms with E-state index < -0.39 is 0 Å². The van der Waals surface area contributed by atoms with Crippen molar-refractivity contribution in [1.29, 1.82) is 0 Å². The number of aryl methyl sites for hydroxylation is 1. The largest absolute Gasteiger partial charge is 0.298 e. The summed E-state index contributed by atoms with van der Waals surface area (Å²) in [4.78, 5) is 2.52. The number of likely N-dealkylation sites (tertiary alicyclic amines) is 1. The molecule has 1 aromatic heterocycles. The predicted molar refractivity (Wildman–Crippen MR) is 102 cm³/mol. The Labute approximate surface area is 153 Å². The van der Waals surface area contributed by atoms with Gasteiger partial charge in [0.25, 0.3) is 0 Å². The van der Waals surface area contributed by atoms with E-state index >= 15 is 0 Å². The highest BCUT2D eigenvalue weighted by atomic mass is 19.1. The van der Waals surface area contributed by atoms with Crippen molar-refractivity contribution in [3.05, 3.63) is 77.4 Å². The summed E-state index contributed by atoms with van der Waals surface area (Å²) in [6.07, 6.45) is 4.12. The average Bonchev–Trinajstić information content (AvgIpc) is 3.14. The van der Waals surface area contributed by atoms with Crippen LogP contribution in [-0.4, -0.2) is 28.2 Å². The number of hydrogen-bond donors (Lipinski definition) is 1. The van der Waals surface area contributed by atoms with Crippen molar-refractivity contribution in [1.82, 2.24) is 15.1 Å². The lowest BCUT2D eigenvalue weighted by Crippen LogP contribution is -2.34. The second-order valence-electron chi connectivity index (χ2n) is 7.21. The molecule has 2 aromatic carbocycles. The smallest absolute Gasteiger partial charge is 0.123 e. The monoisotopic (exact) mass is 349 g/mol. The van der Waals surface area contributed by atoms with E-state index in [0.717, 1.165) is 49.3 Å². The Hall–Kier alpha value is -2.46. The van der Waals surface area contributed by atoms with Crippen LogP contribution in [0.15, 0.2) is 54.7 Å². The van der Waals surface area contributed by atoms with Gasteiger partial charge in [-0.2, -0.15) is 5.10 Å². The molecule has 1 aliphatic rings. The minimum absolute atomic E-state index is 0.209. The maximum Gasteiger partial charge on any atom is 0.123 e. The summed E-state index contributed by atoms with van der Waals surface area (Å²) in [5.74, 6) is 0.188. The number of rotatable bonds is 4. The van der Waals surface area contributed by atoms with Crippen molar-refractivity contribution < 1.29 is 4.39 Å². The molecule has 0 amide bonds. The zero-order valence-corrected chi connectivity index (χ0v) is 15.1. The first-order valence-corrected chi connectivity index (χ1v) is 9.27. The fourth-order valence-electron chi connectivity index (χ4n) is 3.96. The van der Waals surface area contributed by atoms with Crippen LogP contribution in [0.4, 0.5) is 4.39 Å². The number of benzene rings is 2. The molecule has 0 spiro atoms. The molecule has 4 rings (SSSR count). The van der Waals surface area contributed by atoms with E-state index in [1.807, 2.05) is 12.3 Å². The molecule has 0 saturated carbocycles. The van der Waals surface area contributed by atoms with Gasteiger partial charge in [0.2, 0.25) is 0 Å². The number of piperidine rings is 1. The Kier molecular flexibility index (Phi) is 4.85. The molecule has 4 heteroatoms. The van der Waals surface area contributed by atoms with Crippen LogP contribution < -0.4 is 0 Å². The van der Waals surface area contributed by atoms with Gasteiger partial charge in [-0.05, 0) is 55.1 Å². The van der Waals surface area contributed by atoms with Crippen LogP contribution in [0.5, 0.6) is 0 Å². The summed E-state index contributed by atoms with van der Waals surface area (Å²) in [5.41, 5.74) is 5.78. The fourth-order valence-corrected chi connectivity index (χ4v) is 3.96. The lowest BCUT2D eigenvalue weighted by atomic mass is 9.90. The third-order valence-electron chi connectivity index (χ3n) is 5.37. The lowest BCUT2D eigenvalue weighted by molar-refractivity contribution is 0.198. The molecule has 1 saturated heterocycles. The molecular weight excluding hydrogens is 325 g/mol. The maximum atomic E-state index is 13.6. The molecule has 1 atom stereocenters. The molecule has 0 radical (unpaired) electrons. The number of hydrogen-bond acceptors (Lipinski definition) is 2. The summed E-state index contributed by atoms with van der Waals surface area (Å²) in [7, 11) is 0. The van der Waals surface area contributed by atoms with E-state index in [4.69, 9.17) is 0 Å². The van der Waals surface area contributed by atoms with Gasteiger partial charge < -0.3 is 0 Å². The number of H-pyrrole nitrogens is 1. The Morgan fingerprint density at radius 2 is 2.08 bits per heavy atom. The van der Waals surface area contributed by atoms with Crippen LogP contribution in [0.1, 0.15) is 35.6 Å². The van der Waals surface area contributed by atoms with Crippen LogP contribution >= 0.6 is 0 Å². The van der Waals surface area contributed by atoms with Crippen molar-refractivity contribution >= 4 is 0 Å². The highest BCUT2D eigenvalue weighted by Crippen LogP contribution is 2.33. The molecule has 3 nitrogen and oxygen atoms in total. The van der Waals surface area contributed by atoms with Gasteiger partial charge in [-0.3, -0.25) is 10.00 Å². The van der Waals surface area contributed by atoms with Gasteiger partial charge in [-0.25, -0.2) is 4.39 Å². The Morgan fingerprint density at radius 1 is 1.19 bits per heavy atom. The van der Waals surface area contributed by atoms with Crippen LogP contribution in [0.3, 0.4) is 0 Å². The molecule has 26 heavy (non-hydrogen) atoms. The van der Waals surface area contributed by atoms with E-state index in [1.54, 1.807) is 12.1 Å². The van der Waals surface area contributed by atoms with Crippen LogP contribution in [-0.2, 0) is 6.54 Å². The summed E-state index contributed by atoms with van der Waals surface area (Å²) in [5, 5.41) is 7.45. The molecular formula is C22H24FN3. The Balaban J connectivity index is 1.54. The molecule has 3 aromatic rings. The topological polar surface area (TPSA) is 31.9 Å². The summed E-state index contributed by atoms with van der Waals surface area (Å²) < 4.78 is 13.6. The first-order valence-electron chi connectivity index (χ1n) is 9.27. The minimum Gasteiger partial charge on any atom is -0.298 e. The zero-order chi connectivity index (χ0) is 17.9. The van der Waals surface area contributed by atoms with E-state index in [0.29, 0.717) is 5.92 Å². The Morgan fingerprint density at radius 3 is 2.92 bits per heavy atom. The SMILES string of the molecule is Cc1ccccc1CN1CCCC(c2[nH]ncc2-c2cccc(F)c2)C1. The standard InChI is InChI=1S/C22H24FN3/c1-16-6-2-3-7-18(16)14-26-11-5-9-19(15-26)22-21(13-24-25-22)17-8-4-10-20(23)12-17/h2-4,6-8,10,12-13,19H,5,9,11,14-15H2,1H3,(H,24,25). The fraction of sp³-hybridized carbons (Fsp3) is 0.318. The highest BCUT2D eigenvalue weighted by molar-refractivity contribution is 5.65. The molecule has 134 valence electrons. The number of nitrogens with zero attached hydrogens (tertiary/aromatic N) is 2. The average molecular weight is 349 g/mol. The molecule has 0 aliphatic carbocycles. The van der Waals surface area contributed by atoms with Crippen LogP contribution in [0.25, 0.3) is 11.1 Å². The first-order chi connectivity index (χ1) is 12.7. The van der Waals surface area contributed by atoms with Gasteiger partial charge in [-0.15, -0.1) is 0 Å². The second kappa shape index (κ2) is 7.42. The number of halogens is 1. The Bertz CT molecular complexity index is 886. The summed E-state index contributed by atoms with van der Waals surface area (Å²) in [6, 6.07) is 15.4. The molecule has 1 fully saturated rings. The lowest BCUT2D eigenvalue weighted by Gasteiger charge is -2.33. The van der Waals surface area contributed by atoms with Gasteiger partial charge in [0, 0.05) is 30.3 Å². The quantitative estimate of drug-likeness (QED) is 0.726. The van der Waals surface area contributed by atoms with E-state index in [2.05, 4.69) is 46.3 Å². The summed E-state index contributed by atoms with van der Waals surface area (Å²) >= 11 is 0. The zero-order valence-electron chi connectivity index (χ0n) is 15.1. The van der Waals surface area contributed by atoms with Crippen molar-refractivity contribution in [3.63, 3.8) is 0 Å². The third kappa shape index (κ3) is 3.56. The summed E-state index contributed by atoms with van der Waals surface area (Å²) in [6.45, 7) is 5.27. The van der Waals surface area contributed by atoms with Gasteiger partial charge in [0.05, 0.1) is 6.20 Å². The first kappa shape index (κ1) is 17.0. The predicted octanol–water partition coefficient (Wildman–Crippen LogP) is 4.90. The van der Waals surface area contributed by atoms with Crippen molar-refractivity contribution in [2.75, 3.05) is 13.1 Å². The van der Waals surface area contributed by atoms with Crippen molar-refractivity contribution in [2.24, 2.45) is 0 Å². The van der Waals surface area contributed by atoms with E-state index in [9.17, 15) is 4.39 Å². The number of nitrogens with one attached hydrogen (secondary N) is 1. The highest BCUT2D eigenvalue weighted by Gasteiger charge is 2.25. The molecule has 1 aliphatic heterocycles. The van der Waals surface area contributed by atoms with E-state index in [1.165, 1.54) is 17.2 Å². The van der Waals surface area contributed by atoms with Gasteiger partial charge in [0.15, 0.2) is 0 Å². The van der Waals surface area contributed by atoms with Crippen LogP contribution in [0, 0.1) is 12.7 Å². The van der Waals surface area contributed by atoms with Crippen molar-refractivity contribution in [2.45, 2.75) is 32.2 Å². The minimum atomic E-state index is -0.209. The maximum absolute atomic E-state index is 13.6. The molecule has 1 N–H and O–H groups in total. The third-order valence-corrected chi connectivity index (χ3v) is 5.37. The van der Waals surface area contributed by atoms with Gasteiger partial charge >= 0.3 is 0 Å². The molecule has 2 heterocycles. The van der Waals surface area contributed by atoms with Crippen LogP contribution in [0.2, 0.25) is 0 Å². The van der Waals surface area contributed by atoms with Crippen molar-refractivity contribution in [3.8, 4) is 11.1 Å². The second-order valence-corrected chi connectivity index (χ2v) is 7.21. The van der Waals surface area contributed by atoms with Gasteiger partial charge in [-0.1, -0.05) is 36.4 Å². The van der Waals surface area contributed by atoms with E-state index in [-0.39, 0.29) is 5.82 Å². The molecule has 0 bridgehead atoms. The molecule has 1 unspecified atom stereocenters. The number of aromatic nitrogens is 2. The normalized spacial score (nSPS) is 18.2. The van der Waals surface area contributed by atoms with Gasteiger partial charge in [0.1, 0.15) is 5.82 Å². The number of aromatic amines is 1.